The molecule has 6 heteroatoms. The first-order chi connectivity index (χ1) is 13.3. The number of hydrogen-bond donors (Lipinski definition) is 2. The van der Waals surface area contributed by atoms with Crippen molar-refractivity contribution in [3.8, 4) is 0 Å². The van der Waals surface area contributed by atoms with Crippen LogP contribution in [-0.2, 0) is 0 Å². The zero-order valence-electron chi connectivity index (χ0n) is 21.5. The highest BCUT2D eigenvalue weighted by Gasteiger charge is 2.17. The van der Waals surface area contributed by atoms with Crippen LogP contribution in [0.5, 0.6) is 0 Å². The average molecular weight is 645 g/mol. The molecule has 0 radical (unpaired) electrons. The average Bonchev–Trinajstić information content (AvgIpc) is 2.59. The van der Waals surface area contributed by atoms with Crippen LogP contribution in [0.1, 0.15) is 95.9 Å². The van der Waals surface area contributed by atoms with Crippen LogP contribution in [0.3, 0.4) is 0 Å². The van der Waals surface area contributed by atoms with E-state index in [1.807, 2.05) is 20.8 Å². The second-order valence-corrected chi connectivity index (χ2v) is 9.06. The Bertz CT molecular complexity index is 265. The van der Waals surface area contributed by atoms with Crippen LogP contribution in [0, 0.1) is 5.92 Å². The minimum Gasteiger partial charge on any atom is -0.396 e. The van der Waals surface area contributed by atoms with E-state index >= 15 is 0 Å². The summed E-state index contributed by atoms with van der Waals surface area (Å²) < 4.78 is 0. The number of hydrogen-bond acceptors (Lipinski definition) is 4. The second-order valence-electron chi connectivity index (χ2n) is 9.06. The van der Waals surface area contributed by atoms with Crippen molar-refractivity contribution in [2.24, 2.45) is 5.92 Å². The Morgan fingerprint density at radius 1 is 0.655 bits per heavy atom. The molecule has 0 amide bonds. The van der Waals surface area contributed by atoms with E-state index in [0.29, 0.717) is 36.7 Å². The van der Waals surface area contributed by atoms with Crippen LogP contribution in [0.15, 0.2) is 0 Å². The minimum atomic E-state index is -0.102. The maximum absolute atomic E-state index is 8.55. The summed E-state index contributed by atoms with van der Waals surface area (Å²) in [6.07, 6.45) is 1.91. The summed E-state index contributed by atoms with van der Waals surface area (Å²) in [7, 11) is 0. The lowest BCUT2D eigenvalue weighted by atomic mass is 10.2. The molecule has 0 aromatic heterocycles. The molecule has 0 aromatic rings. The molecular formula is C23H54I2N2O2. The molecule has 1 unspecified atom stereocenters. The molecule has 0 saturated heterocycles. The molecule has 4 nitrogen and oxygen atoms in total. The van der Waals surface area contributed by atoms with Crippen molar-refractivity contribution in [3.63, 3.8) is 0 Å². The molecule has 182 valence electrons. The first-order valence-electron chi connectivity index (χ1n) is 11.3. The van der Waals surface area contributed by atoms with Gasteiger partial charge in [0, 0.05) is 81.1 Å². The van der Waals surface area contributed by atoms with Crippen LogP contribution in [0.2, 0.25) is 0 Å². The first-order valence-corrected chi connectivity index (χ1v) is 17.5. The normalized spacial score (nSPS) is 12.1. The van der Waals surface area contributed by atoms with Crippen molar-refractivity contribution in [1.82, 2.24) is 9.80 Å². The van der Waals surface area contributed by atoms with Crippen LogP contribution in [0.4, 0.5) is 0 Å². The zero-order valence-corrected chi connectivity index (χ0v) is 25.9. The molecule has 0 aromatic carbocycles. The smallest absolute Gasteiger partial charge is 0.0512 e. The minimum absolute atomic E-state index is 0.102. The Morgan fingerprint density at radius 2 is 0.897 bits per heavy atom. The van der Waals surface area contributed by atoms with Gasteiger partial charge in [-0.25, -0.2) is 0 Å². The highest BCUT2D eigenvalue weighted by molar-refractivity contribution is 15.0. The fourth-order valence-corrected chi connectivity index (χ4v) is 2.87. The van der Waals surface area contributed by atoms with E-state index in [9.17, 15) is 0 Å². The summed E-state index contributed by atoms with van der Waals surface area (Å²) in [5, 5.41) is 16.7. The van der Waals surface area contributed by atoms with E-state index in [4.69, 9.17) is 10.2 Å². The van der Waals surface area contributed by atoms with Crippen molar-refractivity contribution in [3.05, 3.63) is 0 Å². The highest BCUT2D eigenvalue weighted by atomic mass is 128. The summed E-state index contributed by atoms with van der Waals surface area (Å²) in [5.74, 6) is 0.440. The molecule has 0 bridgehead atoms. The summed E-state index contributed by atoms with van der Waals surface area (Å²) in [6, 6.07) is 2.56. The van der Waals surface area contributed by atoms with Gasteiger partial charge < -0.3 is 10.2 Å². The zero-order chi connectivity index (χ0) is 24.2. The van der Waals surface area contributed by atoms with Gasteiger partial charge in [-0.15, -0.1) is 0 Å². The SMILES string of the molecule is CC(C)CO.CC(C)N(CCN(C(C)C)C(C)C)C(C)C.CCCC(C)O.II. The van der Waals surface area contributed by atoms with Gasteiger partial charge in [0.25, 0.3) is 0 Å². The molecule has 29 heavy (non-hydrogen) atoms. The van der Waals surface area contributed by atoms with Crippen molar-refractivity contribution in [2.75, 3.05) is 19.7 Å². The van der Waals surface area contributed by atoms with Gasteiger partial charge in [0.05, 0.1) is 6.10 Å². The van der Waals surface area contributed by atoms with E-state index in [1.165, 1.54) is 13.1 Å². The Morgan fingerprint density at radius 3 is 0.966 bits per heavy atom. The second kappa shape index (κ2) is 25.6. The number of halogens is 2. The third-order valence-electron chi connectivity index (χ3n) is 4.34. The number of aliphatic hydroxyl groups is 2. The molecule has 1 atom stereocenters. The number of rotatable bonds is 10. The van der Waals surface area contributed by atoms with E-state index in [2.05, 4.69) is 109 Å². The van der Waals surface area contributed by atoms with Crippen molar-refractivity contribution >= 4 is 37.2 Å². The fraction of sp³-hybridized carbons (Fsp3) is 1.00. The summed E-state index contributed by atoms with van der Waals surface area (Å²) in [4.78, 5) is 5.13. The largest absolute Gasteiger partial charge is 0.396 e. The van der Waals surface area contributed by atoms with Crippen molar-refractivity contribution in [2.45, 2.75) is 126 Å². The van der Waals surface area contributed by atoms with E-state index in [-0.39, 0.29) is 6.10 Å². The van der Waals surface area contributed by atoms with Crippen LogP contribution < -0.4 is 0 Å². The lowest BCUT2D eigenvalue weighted by Gasteiger charge is -2.36. The summed E-state index contributed by atoms with van der Waals surface area (Å²) >= 11 is 4.24. The number of nitrogens with zero attached hydrogens (tertiary/aromatic N) is 2. The van der Waals surface area contributed by atoms with Gasteiger partial charge in [0.1, 0.15) is 0 Å². The number of aliphatic hydroxyl groups excluding tert-OH is 2. The van der Waals surface area contributed by atoms with E-state index in [1.54, 1.807) is 0 Å². The molecule has 0 saturated carbocycles. The predicted molar refractivity (Wildman–Crippen MR) is 151 cm³/mol. The molecule has 0 heterocycles. The van der Waals surface area contributed by atoms with E-state index in [0.717, 1.165) is 12.8 Å². The van der Waals surface area contributed by atoms with E-state index < -0.39 is 0 Å². The summed E-state index contributed by atoms with van der Waals surface area (Å²) in [6.45, 7) is 28.8. The molecule has 0 fully saturated rings. The lowest BCUT2D eigenvalue weighted by Crippen LogP contribution is -2.46. The van der Waals surface area contributed by atoms with Gasteiger partial charge in [-0.05, 0) is 74.7 Å². The summed E-state index contributed by atoms with van der Waals surface area (Å²) in [5.41, 5.74) is 0. The van der Waals surface area contributed by atoms with Gasteiger partial charge in [0.2, 0.25) is 0 Å². The lowest BCUT2D eigenvalue weighted by molar-refractivity contribution is 0.111. The van der Waals surface area contributed by atoms with Crippen LogP contribution in [-0.4, -0.2) is 70.0 Å². The molecular weight excluding hydrogens is 590 g/mol. The van der Waals surface area contributed by atoms with Crippen molar-refractivity contribution < 1.29 is 10.2 Å². The monoisotopic (exact) mass is 644 g/mol. The van der Waals surface area contributed by atoms with Gasteiger partial charge >= 0.3 is 0 Å². The molecule has 0 spiro atoms. The molecule has 2 N–H and O–H groups in total. The van der Waals surface area contributed by atoms with Gasteiger partial charge in [-0.1, -0.05) is 27.2 Å². The third kappa shape index (κ3) is 29.3. The Labute approximate surface area is 207 Å². The molecule has 0 aliphatic heterocycles. The van der Waals surface area contributed by atoms with Crippen molar-refractivity contribution in [1.29, 1.82) is 0 Å². The maximum atomic E-state index is 8.55. The quantitative estimate of drug-likeness (QED) is 0.257. The Hall–Kier alpha value is 1.30. The molecule has 0 aliphatic rings. The first kappa shape index (κ1) is 37.6. The van der Waals surface area contributed by atoms with Gasteiger partial charge in [0.15, 0.2) is 0 Å². The Kier molecular flexibility index (Phi) is 33.1. The third-order valence-corrected chi connectivity index (χ3v) is 4.34. The molecule has 0 aliphatic carbocycles. The topological polar surface area (TPSA) is 46.9 Å². The highest BCUT2D eigenvalue weighted by Crippen LogP contribution is 2.09. The van der Waals surface area contributed by atoms with Gasteiger partial charge in [-0.3, -0.25) is 9.80 Å². The van der Waals surface area contributed by atoms with Crippen LogP contribution in [0.25, 0.3) is 0 Å². The maximum Gasteiger partial charge on any atom is 0.0512 e. The standard InChI is InChI=1S/C14H32N2.C5H12O.C4H10O.I2/c1-11(2)15(12(3)4)9-10-16(13(5)6)14(7)8;1-3-4-5(2)6;1-4(2)3-5;1-2/h11-14H,9-10H2,1-8H3;5-6H,3-4H2,1-2H3;4-5H,3H2,1-2H3;. The fourth-order valence-electron chi connectivity index (χ4n) is 2.87. The van der Waals surface area contributed by atoms with Crippen LogP contribution >= 0.6 is 37.2 Å². The van der Waals surface area contributed by atoms with Gasteiger partial charge in [-0.2, -0.15) is 0 Å². The molecule has 0 rings (SSSR count). The predicted octanol–water partition coefficient (Wildman–Crippen LogP) is 6.80. The Balaban J connectivity index is -0.000000197.